The number of rotatable bonds is 6. The molecular weight excluding hydrogens is 400 g/mol. The maximum absolute atomic E-state index is 13.2. The summed E-state index contributed by atoms with van der Waals surface area (Å²) in [6, 6.07) is 14.0. The molecule has 0 spiro atoms. The maximum Gasteiger partial charge on any atom is 0.293 e. The molecule has 3 aromatic rings. The molecule has 5 rings (SSSR count). The van der Waals surface area contributed by atoms with E-state index in [0.29, 0.717) is 35.6 Å². The van der Waals surface area contributed by atoms with Crippen molar-refractivity contribution in [3.05, 3.63) is 64.2 Å². The average Bonchev–Trinajstić information content (AvgIpc) is 3.55. The Kier molecular flexibility index (Phi) is 5.46. The van der Waals surface area contributed by atoms with E-state index in [1.807, 2.05) is 6.07 Å². The van der Waals surface area contributed by atoms with Crippen molar-refractivity contribution in [2.24, 2.45) is 13.0 Å². The minimum absolute atomic E-state index is 0.150. The topological polar surface area (TPSA) is 95.6 Å². The molecule has 1 aromatic carbocycles. The van der Waals surface area contributed by atoms with Crippen LogP contribution >= 0.6 is 0 Å². The molecular formula is C25H26N6O. The molecule has 2 fully saturated rings. The molecule has 2 aromatic heterocycles. The Labute approximate surface area is 187 Å². The number of nitriles is 1. The molecule has 1 aliphatic carbocycles. The van der Waals surface area contributed by atoms with Gasteiger partial charge in [0.2, 0.25) is 0 Å². The zero-order chi connectivity index (χ0) is 22.1. The maximum atomic E-state index is 13.2. The summed E-state index contributed by atoms with van der Waals surface area (Å²) < 4.78 is 1.67. The predicted octanol–water partition coefficient (Wildman–Crippen LogP) is 3.28. The fourth-order valence-electron chi connectivity index (χ4n) is 4.34. The van der Waals surface area contributed by atoms with Gasteiger partial charge in [0.05, 0.1) is 11.4 Å². The molecule has 2 aliphatic rings. The van der Waals surface area contributed by atoms with Crippen molar-refractivity contribution >= 4 is 5.82 Å². The zero-order valence-corrected chi connectivity index (χ0v) is 18.1. The average molecular weight is 427 g/mol. The van der Waals surface area contributed by atoms with Gasteiger partial charge in [-0.15, -0.1) is 0 Å². The Morgan fingerprint density at radius 1 is 1.16 bits per heavy atom. The molecule has 0 bridgehead atoms. The Balaban J connectivity index is 1.58. The number of anilines is 1. The monoisotopic (exact) mass is 426 g/mol. The van der Waals surface area contributed by atoms with Crippen molar-refractivity contribution in [2.45, 2.75) is 25.2 Å². The highest BCUT2D eigenvalue weighted by Gasteiger charge is 2.24. The summed E-state index contributed by atoms with van der Waals surface area (Å²) in [4.78, 5) is 22.2. The smallest absolute Gasteiger partial charge is 0.293 e. The number of hydrogen-bond acceptors (Lipinski definition) is 6. The molecule has 1 atom stereocenters. The van der Waals surface area contributed by atoms with Crippen LogP contribution in [-0.2, 0) is 7.05 Å². The highest BCUT2D eigenvalue weighted by atomic mass is 16.1. The highest BCUT2D eigenvalue weighted by molar-refractivity contribution is 5.79. The SMILES string of the molecule is Cn1c(-c2ccc(C3CC3)cc2)c(-c2ccc(C#N)nc2)nc(NC[C@H]2CCNC2)c1=O. The van der Waals surface area contributed by atoms with Gasteiger partial charge in [0, 0.05) is 30.9 Å². The molecule has 1 aliphatic heterocycles. The molecule has 7 nitrogen and oxygen atoms in total. The minimum Gasteiger partial charge on any atom is -0.365 e. The number of nitrogens with one attached hydrogen (secondary N) is 2. The molecule has 32 heavy (non-hydrogen) atoms. The van der Waals surface area contributed by atoms with Crippen molar-refractivity contribution in [3.8, 4) is 28.6 Å². The van der Waals surface area contributed by atoms with Crippen LogP contribution in [-0.4, -0.2) is 34.2 Å². The van der Waals surface area contributed by atoms with E-state index in [0.717, 1.165) is 36.3 Å². The second kappa shape index (κ2) is 8.56. The normalized spacial score (nSPS) is 17.8. The van der Waals surface area contributed by atoms with Crippen molar-refractivity contribution in [1.29, 1.82) is 5.26 Å². The molecule has 1 saturated heterocycles. The quantitative estimate of drug-likeness (QED) is 0.628. The van der Waals surface area contributed by atoms with E-state index >= 15 is 0 Å². The second-order valence-corrected chi connectivity index (χ2v) is 8.70. The number of nitrogens with zero attached hydrogens (tertiary/aromatic N) is 4. The van der Waals surface area contributed by atoms with E-state index in [9.17, 15) is 4.79 Å². The molecule has 0 amide bonds. The Morgan fingerprint density at radius 3 is 2.56 bits per heavy atom. The summed E-state index contributed by atoms with van der Waals surface area (Å²) in [5.74, 6) is 1.50. The van der Waals surface area contributed by atoms with Gasteiger partial charge in [-0.3, -0.25) is 4.79 Å². The molecule has 2 N–H and O–H groups in total. The van der Waals surface area contributed by atoms with Crippen molar-refractivity contribution < 1.29 is 0 Å². The number of hydrogen-bond donors (Lipinski definition) is 2. The fraction of sp³-hybridized carbons (Fsp3) is 0.360. The van der Waals surface area contributed by atoms with Gasteiger partial charge in [-0.05, 0) is 61.9 Å². The van der Waals surface area contributed by atoms with Crippen molar-refractivity contribution in [2.75, 3.05) is 25.0 Å². The standard InChI is InChI=1S/C25H26N6O/c1-31-23(19-6-4-18(5-7-19)17-2-3-17)22(20-8-9-21(12-26)28-15-20)30-24(25(31)32)29-14-16-10-11-27-13-16/h4-9,15-17,27H,2-3,10-11,13-14H2,1H3,(H,29,30)/t16-/m0/s1. The summed E-state index contributed by atoms with van der Waals surface area (Å²) in [5.41, 5.74) is 4.67. The van der Waals surface area contributed by atoms with Gasteiger partial charge < -0.3 is 15.2 Å². The lowest BCUT2D eigenvalue weighted by molar-refractivity contribution is 0.613. The van der Waals surface area contributed by atoms with Crippen LogP contribution in [0.15, 0.2) is 47.4 Å². The largest absolute Gasteiger partial charge is 0.365 e. The fourth-order valence-corrected chi connectivity index (χ4v) is 4.34. The lowest BCUT2D eigenvalue weighted by Crippen LogP contribution is -2.27. The Bertz CT molecular complexity index is 1210. The first kappa shape index (κ1) is 20.4. The number of aromatic nitrogens is 3. The van der Waals surface area contributed by atoms with Crippen LogP contribution in [0.5, 0.6) is 0 Å². The van der Waals surface area contributed by atoms with Gasteiger partial charge in [-0.2, -0.15) is 5.26 Å². The number of benzene rings is 1. The summed E-state index contributed by atoms with van der Waals surface area (Å²) in [6.45, 7) is 2.66. The second-order valence-electron chi connectivity index (χ2n) is 8.70. The summed E-state index contributed by atoms with van der Waals surface area (Å²) in [6.07, 6.45) is 5.24. The lowest BCUT2D eigenvalue weighted by Gasteiger charge is -2.18. The van der Waals surface area contributed by atoms with Crippen molar-refractivity contribution in [1.82, 2.24) is 19.9 Å². The highest BCUT2D eigenvalue weighted by Crippen LogP contribution is 2.41. The van der Waals surface area contributed by atoms with E-state index in [1.165, 1.54) is 18.4 Å². The van der Waals surface area contributed by atoms with Crippen LogP contribution in [0.25, 0.3) is 22.5 Å². The minimum atomic E-state index is -0.150. The van der Waals surface area contributed by atoms with Crippen LogP contribution in [0.1, 0.15) is 36.4 Å². The first-order valence-corrected chi connectivity index (χ1v) is 11.2. The van der Waals surface area contributed by atoms with Crippen LogP contribution in [0, 0.1) is 17.2 Å². The van der Waals surface area contributed by atoms with E-state index in [-0.39, 0.29) is 5.56 Å². The van der Waals surface area contributed by atoms with Crippen LogP contribution in [0.2, 0.25) is 0 Å². The summed E-state index contributed by atoms with van der Waals surface area (Å²) in [5, 5.41) is 15.8. The van der Waals surface area contributed by atoms with Gasteiger partial charge in [0.15, 0.2) is 5.82 Å². The molecule has 7 heteroatoms. The van der Waals surface area contributed by atoms with Crippen LogP contribution < -0.4 is 16.2 Å². The molecule has 162 valence electrons. The Hall–Kier alpha value is -3.50. The predicted molar refractivity (Wildman–Crippen MR) is 124 cm³/mol. The third-order valence-electron chi connectivity index (χ3n) is 6.40. The van der Waals surface area contributed by atoms with Gasteiger partial charge in [0.25, 0.3) is 5.56 Å². The van der Waals surface area contributed by atoms with Gasteiger partial charge >= 0.3 is 0 Å². The van der Waals surface area contributed by atoms with Gasteiger partial charge in [0.1, 0.15) is 11.8 Å². The number of pyridine rings is 1. The van der Waals surface area contributed by atoms with Crippen LogP contribution in [0.3, 0.4) is 0 Å². The Morgan fingerprint density at radius 2 is 1.94 bits per heavy atom. The molecule has 0 unspecified atom stereocenters. The lowest BCUT2D eigenvalue weighted by atomic mass is 10.0. The van der Waals surface area contributed by atoms with Gasteiger partial charge in [-0.25, -0.2) is 9.97 Å². The van der Waals surface area contributed by atoms with Crippen LogP contribution in [0.4, 0.5) is 5.82 Å². The first-order chi connectivity index (χ1) is 15.6. The van der Waals surface area contributed by atoms with Crippen molar-refractivity contribution in [3.63, 3.8) is 0 Å². The van der Waals surface area contributed by atoms with E-state index in [2.05, 4.69) is 46.0 Å². The van der Waals surface area contributed by atoms with E-state index in [4.69, 9.17) is 10.2 Å². The summed E-state index contributed by atoms with van der Waals surface area (Å²) in [7, 11) is 1.79. The summed E-state index contributed by atoms with van der Waals surface area (Å²) >= 11 is 0. The third kappa shape index (κ3) is 4.02. The molecule has 1 saturated carbocycles. The molecule has 3 heterocycles. The molecule has 0 radical (unpaired) electrons. The van der Waals surface area contributed by atoms with E-state index in [1.54, 1.807) is 23.9 Å². The third-order valence-corrected chi connectivity index (χ3v) is 6.40. The van der Waals surface area contributed by atoms with Gasteiger partial charge in [-0.1, -0.05) is 24.3 Å². The first-order valence-electron chi connectivity index (χ1n) is 11.2. The zero-order valence-electron chi connectivity index (χ0n) is 18.1. The van der Waals surface area contributed by atoms with E-state index < -0.39 is 0 Å².